The lowest BCUT2D eigenvalue weighted by molar-refractivity contribution is -0.127. The first kappa shape index (κ1) is 20.7. The van der Waals surface area contributed by atoms with Gasteiger partial charge in [0.05, 0.1) is 12.2 Å². The van der Waals surface area contributed by atoms with E-state index in [-0.39, 0.29) is 12.1 Å². The summed E-state index contributed by atoms with van der Waals surface area (Å²) in [6.07, 6.45) is 1.45. The molecule has 3 N–H and O–H groups in total. The lowest BCUT2D eigenvalue weighted by Crippen LogP contribution is -2.36. The van der Waals surface area contributed by atoms with Crippen molar-refractivity contribution in [3.05, 3.63) is 71.7 Å². The van der Waals surface area contributed by atoms with Crippen molar-refractivity contribution in [3.63, 3.8) is 0 Å². The minimum atomic E-state index is -0.769. The third-order valence-electron chi connectivity index (χ3n) is 4.11. The molecule has 9 heteroatoms. The normalized spacial score (nSPS) is 10.5. The molecule has 0 saturated heterocycles. The molecule has 0 aliphatic carbocycles. The molecule has 0 spiro atoms. The molecular weight excluding hydrogens is 391 g/mol. The Morgan fingerprint density at radius 1 is 1.17 bits per heavy atom. The molecule has 1 heterocycles. The van der Waals surface area contributed by atoms with Crippen LogP contribution >= 0.6 is 0 Å². The van der Waals surface area contributed by atoms with Crippen molar-refractivity contribution in [2.75, 3.05) is 13.2 Å². The number of hydrogen-bond acceptors (Lipinski definition) is 5. The number of ether oxygens (including phenoxy) is 1. The lowest BCUT2D eigenvalue weighted by atomic mass is 10.1. The van der Waals surface area contributed by atoms with Gasteiger partial charge >= 0.3 is 5.97 Å². The van der Waals surface area contributed by atoms with Gasteiger partial charge in [-0.1, -0.05) is 23.8 Å². The number of hydrogen-bond donors (Lipinski definition) is 2. The van der Waals surface area contributed by atoms with Crippen molar-refractivity contribution >= 4 is 17.8 Å². The molecule has 1 aromatic heterocycles. The smallest absolute Gasteiger partial charge is 0.342 e. The summed E-state index contributed by atoms with van der Waals surface area (Å²) in [5, 5.41) is 6.69. The van der Waals surface area contributed by atoms with Gasteiger partial charge in [-0.3, -0.25) is 9.59 Å². The molecule has 2 aromatic carbocycles. The van der Waals surface area contributed by atoms with E-state index < -0.39 is 30.2 Å². The first-order valence-corrected chi connectivity index (χ1v) is 8.98. The van der Waals surface area contributed by atoms with Crippen LogP contribution in [0.4, 0.5) is 4.39 Å². The summed E-state index contributed by atoms with van der Waals surface area (Å²) >= 11 is 0. The average Bonchev–Trinajstić information content (AvgIpc) is 3.16. The Balaban J connectivity index is 1.89. The molecule has 30 heavy (non-hydrogen) atoms. The summed E-state index contributed by atoms with van der Waals surface area (Å²) in [4.78, 5) is 35.1. The minimum absolute atomic E-state index is 0.132. The first-order valence-electron chi connectivity index (χ1n) is 8.98. The van der Waals surface area contributed by atoms with Gasteiger partial charge in [0.2, 0.25) is 5.91 Å². The van der Waals surface area contributed by atoms with Crippen molar-refractivity contribution in [2.24, 2.45) is 5.73 Å². The van der Waals surface area contributed by atoms with Crippen molar-refractivity contribution in [3.8, 4) is 16.9 Å². The van der Waals surface area contributed by atoms with Crippen molar-refractivity contribution in [2.45, 2.75) is 6.92 Å². The Morgan fingerprint density at radius 3 is 2.57 bits per heavy atom. The second-order valence-corrected chi connectivity index (χ2v) is 6.50. The number of carbonyl (C=O) groups is 3. The fraction of sp³-hybridized carbons (Fsp3) is 0.143. The fourth-order valence-electron chi connectivity index (χ4n) is 2.70. The number of amides is 2. The number of esters is 1. The highest BCUT2D eigenvalue weighted by Crippen LogP contribution is 2.25. The Kier molecular flexibility index (Phi) is 6.21. The van der Waals surface area contributed by atoms with Crippen LogP contribution in [0, 0.1) is 12.7 Å². The Bertz CT molecular complexity index is 1090. The number of primary amides is 1. The molecule has 0 radical (unpaired) electrons. The molecule has 0 unspecified atom stereocenters. The zero-order valence-corrected chi connectivity index (χ0v) is 16.1. The van der Waals surface area contributed by atoms with Gasteiger partial charge in [0, 0.05) is 11.8 Å². The average molecular weight is 410 g/mol. The fourth-order valence-corrected chi connectivity index (χ4v) is 2.70. The van der Waals surface area contributed by atoms with Crippen LogP contribution in [0.3, 0.4) is 0 Å². The summed E-state index contributed by atoms with van der Waals surface area (Å²) in [7, 11) is 0. The lowest BCUT2D eigenvalue weighted by Gasteiger charge is -2.06. The molecule has 0 aliphatic heterocycles. The molecule has 0 fully saturated rings. The molecule has 3 aromatic rings. The summed E-state index contributed by atoms with van der Waals surface area (Å²) in [6, 6.07) is 13.0. The van der Waals surface area contributed by atoms with Gasteiger partial charge < -0.3 is 15.8 Å². The highest BCUT2D eigenvalue weighted by molar-refractivity contribution is 5.97. The number of carbonyl (C=O) groups excluding carboxylic acids is 3. The van der Waals surface area contributed by atoms with Gasteiger partial charge in [-0.15, -0.1) is 0 Å². The van der Waals surface area contributed by atoms with Crippen LogP contribution in [0.25, 0.3) is 16.9 Å². The molecule has 0 bridgehead atoms. The van der Waals surface area contributed by atoms with Gasteiger partial charge in [-0.05, 0) is 37.3 Å². The van der Waals surface area contributed by atoms with E-state index in [0.29, 0.717) is 16.9 Å². The number of halogens is 1. The van der Waals surface area contributed by atoms with E-state index in [9.17, 15) is 18.8 Å². The number of rotatable bonds is 7. The van der Waals surface area contributed by atoms with E-state index in [2.05, 4.69) is 10.4 Å². The minimum Gasteiger partial charge on any atom is -0.452 e. The van der Waals surface area contributed by atoms with Gasteiger partial charge in [0.1, 0.15) is 17.1 Å². The predicted octanol–water partition coefficient (Wildman–Crippen LogP) is 1.75. The van der Waals surface area contributed by atoms with Crippen molar-refractivity contribution in [1.29, 1.82) is 0 Å². The highest BCUT2D eigenvalue weighted by atomic mass is 19.1. The predicted molar refractivity (Wildman–Crippen MR) is 106 cm³/mol. The first-order chi connectivity index (χ1) is 14.3. The molecule has 2 amide bonds. The van der Waals surface area contributed by atoms with Crippen LogP contribution in [0.2, 0.25) is 0 Å². The van der Waals surface area contributed by atoms with Crippen molar-refractivity contribution in [1.82, 2.24) is 15.1 Å². The SMILES string of the molecule is Cc1cccc(-c2nn(-c3ccc(F)cc3)cc2C(=O)OCC(=O)NCC(N)=O)c1. The van der Waals surface area contributed by atoms with Gasteiger partial charge in [0.25, 0.3) is 5.91 Å². The van der Waals surface area contributed by atoms with Crippen LogP contribution in [0.15, 0.2) is 54.7 Å². The van der Waals surface area contributed by atoms with Gasteiger partial charge in [0.15, 0.2) is 6.61 Å². The Morgan fingerprint density at radius 2 is 1.90 bits per heavy atom. The highest BCUT2D eigenvalue weighted by Gasteiger charge is 2.21. The maximum Gasteiger partial charge on any atom is 0.342 e. The van der Waals surface area contributed by atoms with E-state index in [1.807, 2.05) is 25.1 Å². The van der Waals surface area contributed by atoms with Crippen molar-refractivity contribution < 1.29 is 23.5 Å². The van der Waals surface area contributed by atoms with Gasteiger partial charge in [-0.2, -0.15) is 5.10 Å². The number of aromatic nitrogens is 2. The molecule has 8 nitrogen and oxygen atoms in total. The molecule has 3 rings (SSSR count). The number of nitrogens with two attached hydrogens (primary N) is 1. The van der Waals surface area contributed by atoms with Crippen LogP contribution in [0.5, 0.6) is 0 Å². The van der Waals surface area contributed by atoms with Crippen LogP contribution < -0.4 is 11.1 Å². The second-order valence-electron chi connectivity index (χ2n) is 6.50. The molecule has 0 atom stereocenters. The number of nitrogens with zero attached hydrogens (tertiary/aromatic N) is 2. The zero-order valence-electron chi connectivity index (χ0n) is 16.1. The van der Waals surface area contributed by atoms with E-state index in [4.69, 9.17) is 10.5 Å². The van der Waals surface area contributed by atoms with Crippen LogP contribution in [-0.2, 0) is 14.3 Å². The quantitative estimate of drug-likeness (QED) is 0.576. The third-order valence-corrected chi connectivity index (χ3v) is 4.11. The maximum absolute atomic E-state index is 13.2. The number of nitrogens with one attached hydrogen (secondary N) is 1. The Hall–Kier alpha value is -4.01. The third kappa shape index (κ3) is 5.07. The topological polar surface area (TPSA) is 116 Å². The van der Waals surface area contributed by atoms with E-state index in [1.165, 1.54) is 35.1 Å². The number of aryl methyl sites for hydroxylation is 1. The van der Waals surface area contributed by atoms with E-state index >= 15 is 0 Å². The standard InChI is InChI=1S/C21H19FN4O4/c1-13-3-2-4-14(9-13)20-17(21(29)30-12-19(28)24-10-18(23)27)11-26(25-20)16-7-5-15(22)6-8-16/h2-9,11H,10,12H2,1H3,(H2,23,27)(H,24,28). The molecular formula is C21H19FN4O4. The molecule has 0 saturated carbocycles. The second kappa shape index (κ2) is 8.99. The molecule has 154 valence electrons. The number of benzene rings is 2. The zero-order chi connectivity index (χ0) is 21.7. The summed E-state index contributed by atoms with van der Waals surface area (Å²) in [6.45, 7) is 0.968. The summed E-state index contributed by atoms with van der Waals surface area (Å²) in [5.41, 5.74) is 7.63. The Labute approximate surface area is 171 Å². The largest absolute Gasteiger partial charge is 0.452 e. The van der Waals surface area contributed by atoms with Gasteiger partial charge in [-0.25, -0.2) is 13.9 Å². The summed E-state index contributed by atoms with van der Waals surface area (Å²) in [5.74, 6) is -2.54. The van der Waals surface area contributed by atoms with Crippen LogP contribution in [-0.4, -0.2) is 40.7 Å². The monoisotopic (exact) mass is 410 g/mol. The van der Waals surface area contributed by atoms with E-state index in [1.54, 1.807) is 6.07 Å². The van der Waals surface area contributed by atoms with Crippen LogP contribution in [0.1, 0.15) is 15.9 Å². The summed E-state index contributed by atoms with van der Waals surface area (Å²) < 4.78 is 19.7. The molecule has 0 aliphatic rings. The van der Waals surface area contributed by atoms with E-state index in [0.717, 1.165) is 5.56 Å². The maximum atomic E-state index is 13.2.